The maximum Gasteiger partial charge on any atom is 0.228 e. The lowest BCUT2D eigenvalue weighted by atomic mass is 9.97. The first kappa shape index (κ1) is 41.7. The van der Waals surface area contributed by atoms with Crippen LogP contribution in [0.5, 0.6) is 11.5 Å². The molecule has 2 aromatic carbocycles. The second kappa shape index (κ2) is 19.1. The molecule has 11 N–H and O–H groups in total. The molecule has 0 aliphatic rings. The summed E-state index contributed by atoms with van der Waals surface area (Å²) in [6.45, 7) is 0.392. The summed E-state index contributed by atoms with van der Waals surface area (Å²) in [4.78, 5) is 16.3. The van der Waals surface area contributed by atoms with Crippen LogP contribution in [-0.4, -0.2) is 43.7 Å². The van der Waals surface area contributed by atoms with Gasteiger partial charge in [0.1, 0.15) is 56.7 Å². The molecule has 0 bridgehead atoms. The fraction of sp³-hybridized carbons (Fsp3) is 0.100. The molecule has 13 nitrogen and oxygen atoms in total. The normalized spacial score (nSPS) is 9.80. The van der Waals surface area contributed by atoms with Gasteiger partial charge in [0.15, 0.2) is 11.5 Å². The number of hydrogen-bond acceptors (Lipinski definition) is 13. The third kappa shape index (κ3) is 9.83. The Bertz CT molecular complexity index is 2160. The molecule has 1 amide bonds. The molecule has 0 fully saturated rings. The number of thioether (sulfide) groups is 1. The van der Waals surface area contributed by atoms with Crippen molar-refractivity contribution in [3.05, 3.63) is 71.3 Å². The first-order chi connectivity index (χ1) is 23.6. The largest absolute Gasteiger partial charge is 0.505 e. The molecule has 0 saturated heterocycles. The minimum atomic E-state index is -0.329. The van der Waals surface area contributed by atoms with Crippen LogP contribution in [0.15, 0.2) is 29.3 Å². The number of aromatic nitrogens is 2. The number of nitrogen functional groups attached to an aromatic ring is 2. The number of benzene rings is 2. The highest BCUT2D eigenvalue weighted by Crippen LogP contribution is 2.42. The van der Waals surface area contributed by atoms with Crippen LogP contribution in [-0.2, 0) is 4.79 Å². The van der Waals surface area contributed by atoms with Gasteiger partial charge in [0.25, 0.3) is 0 Å². The highest BCUT2D eigenvalue weighted by molar-refractivity contribution is 9.09. The lowest BCUT2D eigenvalue weighted by Gasteiger charge is -2.14. The predicted molar refractivity (Wildman–Crippen MR) is 201 cm³/mol. The average molecular weight is 855 g/mol. The number of rotatable bonds is 6. The third-order valence-corrected chi connectivity index (χ3v) is 9.00. The van der Waals surface area contributed by atoms with Crippen molar-refractivity contribution in [1.82, 2.24) is 9.97 Å². The van der Waals surface area contributed by atoms with Crippen LogP contribution in [0.25, 0.3) is 22.3 Å². The summed E-state index contributed by atoms with van der Waals surface area (Å²) in [5, 5.41) is 57.4. The maximum absolute atomic E-state index is 9.71. The van der Waals surface area contributed by atoms with E-state index in [0.717, 1.165) is 0 Å². The van der Waals surface area contributed by atoms with Crippen molar-refractivity contribution >= 4 is 104 Å². The van der Waals surface area contributed by atoms with Crippen molar-refractivity contribution < 1.29 is 15.0 Å². The highest BCUT2D eigenvalue weighted by atomic mass is 79.9. The molecule has 0 radical (unpaired) electrons. The number of aromatic hydroxyl groups is 2. The van der Waals surface area contributed by atoms with E-state index in [2.05, 4.69) is 31.6 Å². The van der Waals surface area contributed by atoms with Gasteiger partial charge in [-0.25, -0.2) is 4.98 Å². The van der Waals surface area contributed by atoms with Crippen LogP contribution in [0.3, 0.4) is 0 Å². The molecule has 4 rings (SSSR count). The van der Waals surface area contributed by atoms with Crippen LogP contribution in [0.1, 0.15) is 22.3 Å². The average Bonchev–Trinajstić information content (AvgIpc) is 3.08. The van der Waals surface area contributed by atoms with Crippen molar-refractivity contribution in [2.24, 2.45) is 11.5 Å². The minimum absolute atomic E-state index is 0.00294. The smallest absolute Gasteiger partial charge is 0.228 e. The summed E-state index contributed by atoms with van der Waals surface area (Å²) in [6, 6.07) is 13.4. The Hall–Kier alpha value is -4.46. The van der Waals surface area contributed by atoms with Crippen LogP contribution >= 0.6 is 86.3 Å². The molecule has 50 heavy (non-hydrogen) atoms. The second-order valence-electron chi connectivity index (χ2n) is 9.18. The van der Waals surface area contributed by atoms with Gasteiger partial charge in [-0.2, -0.15) is 21.0 Å². The van der Waals surface area contributed by atoms with Gasteiger partial charge in [-0.15, -0.1) is 11.8 Å². The molecule has 0 spiro atoms. The maximum atomic E-state index is 9.71. The Balaban J connectivity index is 0.000000308. The number of alkyl halides is 1. The number of halogens is 5. The van der Waals surface area contributed by atoms with Gasteiger partial charge < -0.3 is 38.1 Å². The number of pyridine rings is 2. The number of amides is 1. The molecular formula is C30H21BrCl4N10O3S2. The summed E-state index contributed by atoms with van der Waals surface area (Å²) in [6.07, 6.45) is 0. The molecule has 256 valence electrons. The van der Waals surface area contributed by atoms with Gasteiger partial charge in [0, 0.05) is 23.4 Å². The van der Waals surface area contributed by atoms with Crippen LogP contribution < -0.4 is 22.9 Å². The Morgan fingerprint density at radius 3 is 1.60 bits per heavy atom. The number of H-pyrrole nitrogens is 1. The lowest BCUT2D eigenvalue weighted by molar-refractivity contribution is -0.115. The van der Waals surface area contributed by atoms with Gasteiger partial charge in [-0.3, -0.25) is 4.79 Å². The zero-order valence-electron chi connectivity index (χ0n) is 25.0. The Morgan fingerprint density at radius 2 is 1.24 bits per heavy atom. The number of carbonyl (C=O) groups is 1. The quantitative estimate of drug-likeness (QED) is 0.0601. The number of nitriles is 4. The molecule has 0 aliphatic carbocycles. The van der Waals surface area contributed by atoms with Gasteiger partial charge >= 0.3 is 0 Å². The van der Waals surface area contributed by atoms with Crippen LogP contribution in [0.2, 0.25) is 20.1 Å². The molecule has 0 saturated carbocycles. The molecule has 0 atom stereocenters. The van der Waals surface area contributed by atoms with Gasteiger partial charge in [-0.1, -0.05) is 74.6 Å². The number of nitrogens with one attached hydrogen (secondary N) is 1. The van der Waals surface area contributed by atoms with Crippen molar-refractivity contribution in [2.75, 3.05) is 29.1 Å². The minimum Gasteiger partial charge on any atom is -0.505 e. The number of phenols is 2. The van der Waals surface area contributed by atoms with E-state index in [1.807, 2.05) is 24.3 Å². The van der Waals surface area contributed by atoms with E-state index in [4.69, 9.17) is 75.8 Å². The number of nitrogens with two attached hydrogens (primary N) is 4. The first-order valence-corrected chi connectivity index (χ1v) is 17.2. The van der Waals surface area contributed by atoms with E-state index in [1.54, 1.807) is 0 Å². The van der Waals surface area contributed by atoms with Crippen LogP contribution in [0, 0.1) is 50.0 Å². The number of hydrogen-bond donors (Lipinski definition) is 7. The van der Waals surface area contributed by atoms with E-state index in [9.17, 15) is 36.1 Å². The zero-order chi connectivity index (χ0) is 37.9. The van der Waals surface area contributed by atoms with E-state index < -0.39 is 0 Å². The highest BCUT2D eigenvalue weighted by Gasteiger charge is 2.22. The molecule has 0 aliphatic heterocycles. The fourth-order valence-electron chi connectivity index (χ4n) is 3.90. The molecule has 20 heteroatoms. The van der Waals surface area contributed by atoms with E-state index in [0.29, 0.717) is 28.5 Å². The fourth-order valence-corrected chi connectivity index (χ4v) is 5.90. The van der Waals surface area contributed by atoms with E-state index in [-0.39, 0.29) is 92.5 Å². The monoisotopic (exact) mass is 852 g/mol. The first-order valence-electron chi connectivity index (χ1n) is 13.2. The summed E-state index contributed by atoms with van der Waals surface area (Å²) in [7, 11) is 0. The molecule has 4 aromatic rings. The summed E-state index contributed by atoms with van der Waals surface area (Å²) < 4.78 is 0.101. The number of carbonyl (C=O) groups excluding carboxylic acids is 1. The SMILES string of the molecule is N#Cc1c(N)[nH]c(=S)c(C#N)c1-c1cc(Cl)c(O)c(Cl)c1.N#Cc1c(N)nc(SCCN)c(C#N)c1-c1cc(Cl)c(O)c(Cl)c1.NC(=O)CBr. The number of anilines is 2. The predicted octanol–water partition coefficient (Wildman–Crippen LogP) is 6.75. The Labute approximate surface area is 322 Å². The van der Waals surface area contributed by atoms with Crippen molar-refractivity contribution in [3.63, 3.8) is 0 Å². The number of nitrogens with zero attached hydrogens (tertiary/aromatic N) is 5. The van der Waals surface area contributed by atoms with Crippen LogP contribution in [0.4, 0.5) is 11.6 Å². The lowest BCUT2D eigenvalue weighted by Crippen LogP contribution is -2.10. The van der Waals surface area contributed by atoms with E-state index in [1.165, 1.54) is 36.0 Å². The Kier molecular flexibility index (Phi) is 15.9. The third-order valence-electron chi connectivity index (χ3n) is 5.98. The van der Waals surface area contributed by atoms with E-state index >= 15 is 0 Å². The number of aromatic amines is 1. The molecular weight excluding hydrogens is 834 g/mol. The standard InChI is InChI=1S/C15H11Cl2N5OS.C13H6Cl2N4OS.C2H4BrNO/c16-10-3-7(4-11(17)13(10)23)12-8(5-19)14(21)22-15(9(12)6-20)24-2-1-18;14-8-1-5(2-9(15)11(8)20)10-6(3-16)12(18)19-13(21)7(10)4-17;3-1-2(4)5/h3-4,23H,1-2,18H2,(H2,21,22);1-2,20H,(H3,18,19,21);1H2,(H2,4,5). The number of primary amides is 1. The van der Waals surface area contributed by atoms with Crippen molar-refractivity contribution in [2.45, 2.75) is 5.03 Å². The summed E-state index contributed by atoms with van der Waals surface area (Å²) in [5.41, 5.74) is 23.3. The molecule has 2 heterocycles. The summed E-state index contributed by atoms with van der Waals surface area (Å²) >= 11 is 32.8. The molecule has 0 unspecified atom stereocenters. The summed E-state index contributed by atoms with van der Waals surface area (Å²) in [5.74, 6) is -0.330. The van der Waals surface area contributed by atoms with Gasteiger partial charge in [0.2, 0.25) is 5.91 Å². The van der Waals surface area contributed by atoms with Gasteiger partial charge in [-0.05, 0) is 35.4 Å². The van der Waals surface area contributed by atoms with Crippen molar-refractivity contribution in [3.8, 4) is 58.0 Å². The van der Waals surface area contributed by atoms with Crippen molar-refractivity contribution in [1.29, 1.82) is 21.0 Å². The molecule has 2 aromatic heterocycles. The topological polar surface area (TPSA) is 285 Å². The second-order valence-corrected chi connectivity index (χ2v) is 12.9. The number of phenolic OH excluding ortho intramolecular Hbond substituents is 2. The van der Waals surface area contributed by atoms with Gasteiger partial charge in [0.05, 0.1) is 36.5 Å². The Morgan fingerprint density at radius 1 is 0.840 bits per heavy atom. The zero-order valence-corrected chi connectivity index (χ0v) is 31.2.